The van der Waals surface area contributed by atoms with Crippen molar-refractivity contribution in [3.63, 3.8) is 0 Å². The van der Waals surface area contributed by atoms with Crippen molar-refractivity contribution in [3.05, 3.63) is 59.0 Å². The minimum Gasteiger partial charge on any atom is -0.467 e. The Hall–Kier alpha value is -1.85. The van der Waals surface area contributed by atoms with Crippen molar-refractivity contribution in [1.29, 1.82) is 0 Å². The molecule has 2 N–H and O–H groups in total. The Kier molecular flexibility index (Phi) is 3.46. The van der Waals surface area contributed by atoms with Crippen LogP contribution in [0.1, 0.15) is 23.8 Å². The highest BCUT2D eigenvalue weighted by atomic mass is 35.5. The zero-order chi connectivity index (χ0) is 14.1. The molecule has 0 saturated heterocycles. The van der Waals surface area contributed by atoms with E-state index in [9.17, 15) is 0 Å². The van der Waals surface area contributed by atoms with Crippen LogP contribution in [0.4, 0.5) is 0 Å². The highest BCUT2D eigenvalue weighted by Gasteiger charge is 2.32. The quantitative estimate of drug-likeness (QED) is 0.865. The summed E-state index contributed by atoms with van der Waals surface area (Å²) in [5, 5.41) is 7.06. The lowest BCUT2D eigenvalue weighted by Gasteiger charge is -2.19. The minimum atomic E-state index is -0.0896. The number of rotatable bonds is 2. The second kappa shape index (κ2) is 5.26. The van der Waals surface area contributed by atoms with Gasteiger partial charge in [-0.25, -0.2) is 5.01 Å². The predicted molar refractivity (Wildman–Crippen MR) is 82.7 cm³/mol. The third-order valence-electron chi connectivity index (χ3n) is 3.19. The molecule has 0 saturated carbocycles. The van der Waals surface area contributed by atoms with E-state index in [0.29, 0.717) is 11.4 Å². The third kappa shape index (κ3) is 2.42. The molecule has 20 heavy (non-hydrogen) atoms. The van der Waals surface area contributed by atoms with Crippen LogP contribution in [0.5, 0.6) is 0 Å². The molecular formula is C14H12ClN3OS. The van der Waals surface area contributed by atoms with Crippen LogP contribution in [0.25, 0.3) is 0 Å². The molecule has 3 rings (SSSR count). The fourth-order valence-corrected chi connectivity index (χ4v) is 2.53. The second-order valence-electron chi connectivity index (χ2n) is 4.47. The van der Waals surface area contributed by atoms with Crippen LogP contribution in [-0.4, -0.2) is 15.8 Å². The van der Waals surface area contributed by atoms with Crippen molar-refractivity contribution >= 4 is 34.6 Å². The van der Waals surface area contributed by atoms with Gasteiger partial charge in [0, 0.05) is 11.4 Å². The van der Waals surface area contributed by atoms with Crippen molar-refractivity contribution in [3.8, 4) is 0 Å². The Balaban J connectivity index is 1.92. The number of nitrogens with zero attached hydrogens (tertiary/aromatic N) is 2. The molecule has 0 radical (unpaired) electrons. The fraction of sp³-hybridized carbons (Fsp3) is 0.143. The molecule has 102 valence electrons. The molecule has 1 aliphatic heterocycles. The van der Waals surface area contributed by atoms with Gasteiger partial charge < -0.3 is 10.2 Å². The molecular weight excluding hydrogens is 294 g/mol. The average Bonchev–Trinajstić information content (AvgIpc) is 3.08. The van der Waals surface area contributed by atoms with E-state index in [-0.39, 0.29) is 11.2 Å². The minimum absolute atomic E-state index is 0.0896. The lowest BCUT2D eigenvalue weighted by Crippen LogP contribution is -2.31. The van der Waals surface area contributed by atoms with E-state index in [2.05, 4.69) is 5.10 Å². The Labute approximate surface area is 126 Å². The summed E-state index contributed by atoms with van der Waals surface area (Å²) in [6.07, 6.45) is 2.32. The van der Waals surface area contributed by atoms with Gasteiger partial charge in [0.15, 0.2) is 5.11 Å². The Morgan fingerprint density at radius 1 is 1.35 bits per heavy atom. The summed E-state index contributed by atoms with van der Waals surface area (Å²) in [5.41, 5.74) is 7.66. The van der Waals surface area contributed by atoms with Crippen LogP contribution in [0.15, 0.2) is 52.2 Å². The van der Waals surface area contributed by atoms with Crippen LogP contribution in [0, 0.1) is 0 Å². The van der Waals surface area contributed by atoms with Gasteiger partial charge in [0.2, 0.25) is 0 Å². The molecule has 2 heterocycles. The van der Waals surface area contributed by atoms with E-state index in [1.807, 2.05) is 36.4 Å². The van der Waals surface area contributed by atoms with Gasteiger partial charge in [-0.05, 0) is 42.0 Å². The normalized spacial score (nSPS) is 18.1. The van der Waals surface area contributed by atoms with Gasteiger partial charge in [0.25, 0.3) is 0 Å². The lowest BCUT2D eigenvalue weighted by atomic mass is 10.0. The largest absolute Gasteiger partial charge is 0.467 e. The average molecular weight is 306 g/mol. The molecule has 1 unspecified atom stereocenters. The zero-order valence-electron chi connectivity index (χ0n) is 10.5. The maximum Gasteiger partial charge on any atom is 0.187 e. The first-order valence-corrected chi connectivity index (χ1v) is 6.89. The molecule has 1 aromatic carbocycles. The van der Waals surface area contributed by atoms with Gasteiger partial charge in [-0.3, -0.25) is 0 Å². The standard InChI is InChI=1S/C14H12ClN3OS/c15-10-5-3-9(4-6-10)11-8-12(13-2-1-7-19-13)18(17-11)14(16)20/h1-7,12H,8H2,(H2,16,20). The van der Waals surface area contributed by atoms with E-state index in [4.69, 9.17) is 34.0 Å². The smallest absolute Gasteiger partial charge is 0.187 e. The van der Waals surface area contributed by atoms with E-state index in [1.165, 1.54) is 0 Å². The Bertz CT molecular complexity index is 652. The molecule has 0 fully saturated rings. The number of thiocarbonyl (C=S) groups is 1. The van der Waals surface area contributed by atoms with Crippen LogP contribution < -0.4 is 5.73 Å². The van der Waals surface area contributed by atoms with E-state index in [0.717, 1.165) is 17.0 Å². The van der Waals surface area contributed by atoms with Crippen molar-refractivity contribution in [1.82, 2.24) is 5.01 Å². The maximum atomic E-state index is 5.90. The number of furan rings is 1. The maximum absolute atomic E-state index is 5.90. The van der Waals surface area contributed by atoms with Gasteiger partial charge in [0.1, 0.15) is 11.8 Å². The van der Waals surface area contributed by atoms with Crippen LogP contribution in [0.2, 0.25) is 5.02 Å². The molecule has 0 amide bonds. The first-order valence-electron chi connectivity index (χ1n) is 6.10. The van der Waals surface area contributed by atoms with Crippen LogP contribution >= 0.6 is 23.8 Å². The van der Waals surface area contributed by atoms with Crippen LogP contribution in [0.3, 0.4) is 0 Å². The molecule has 4 nitrogen and oxygen atoms in total. The second-order valence-corrected chi connectivity index (χ2v) is 5.33. The molecule has 0 spiro atoms. The lowest BCUT2D eigenvalue weighted by molar-refractivity contribution is 0.316. The van der Waals surface area contributed by atoms with Gasteiger partial charge in [0.05, 0.1) is 12.0 Å². The first-order chi connectivity index (χ1) is 9.65. The van der Waals surface area contributed by atoms with Crippen molar-refractivity contribution in [2.24, 2.45) is 10.8 Å². The summed E-state index contributed by atoms with van der Waals surface area (Å²) in [4.78, 5) is 0. The van der Waals surface area contributed by atoms with Gasteiger partial charge in [-0.15, -0.1) is 0 Å². The summed E-state index contributed by atoms with van der Waals surface area (Å²) in [7, 11) is 0. The summed E-state index contributed by atoms with van der Waals surface area (Å²) in [6.45, 7) is 0. The van der Waals surface area contributed by atoms with E-state index < -0.39 is 0 Å². The number of hydrogen-bond acceptors (Lipinski definition) is 3. The Morgan fingerprint density at radius 2 is 2.10 bits per heavy atom. The topological polar surface area (TPSA) is 54.8 Å². The van der Waals surface area contributed by atoms with Crippen molar-refractivity contribution in [2.75, 3.05) is 0 Å². The molecule has 0 aliphatic carbocycles. The number of nitrogens with two attached hydrogens (primary N) is 1. The first kappa shape index (κ1) is 13.1. The number of benzene rings is 1. The SMILES string of the molecule is NC(=S)N1N=C(c2ccc(Cl)cc2)CC1c1ccco1. The summed E-state index contributed by atoms with van der Waals surface area (Å²) >= 11 is 11.0. The molecule has 0 bridgehead atoms. The molecule has 1 aliphatic rings. The van der Waals surface area contributed by atoms with Gasteiger partial charge in [-0.1, -0.05) is 23.7 Å². The molecule has 6 heteroatoms. The summed E-state index contributed by atoms with van der Waals surface area (Å²) in [6, 6.07) is 11.2. The van der Waals surface area contributed by atoms with Gasteiger partial charge >= 0.3 is 0 Å². The Morgan fingerprint density at radius 3 is 2.70 bits per heavy atom. The van der Waals surface area contributed by atoms with Gasteiger partial charge in [-0.2, -0.15) is 5.10 Å². The highest BCUT2D eigenvalue weighted by molar-refractivity contribution is 7.80. The summed E-state index contributed by atoms with van der Waals surface area (Å²) < 4.78 is 5.45. The monoisotopic (exact) mass is 305 g/mol. The van der Waals surface area contributed by atoms with E-state index in [1.54, 1.807) is 11.3 Å². The summed E-state index contributed by atoms with van der Waals surface area (Å²) in [5.74, 6) is 0.797. The highest BCUT2D eigenvalue weighted by Crippen LogP contribution is 2.32. The van der Waals surface area contributed by atoms with Crippen molar-refractivity contribution < 1.29 is 4.42 Å². The number of hydrazone groups is 1. The van der Waals surface area contributed by atoms with E-state index >= 15 is 0 Å². The zero-order valence-corrected chi connectivity index (χ0v) is 12.1. The molecule has 1 atom stereocenters. The van der Waals surface area contributed by atoms with Crippen LogP contribution in [-0.2, 0) is 0 Å². The predicted octanol–water partition coefficient (Wildman–Crippen LogP) is 3.33. The fourth-order valence-electron chi connectivity index (χ4n) is 2.23. The molecule has 2 aromatic rings. The molecule has 1 aromatic heterocycles. The number of hydrogen-bond donors (Lipinski definition) is 1. The van der Waals surface area contributed by atoms with Crippen molar-refractivity contribution in [2.45, 2.75) is 12.5 Å². The number of halogens is 1. The third-order valence-corrected chi connectivity index (χ3v) is 3.62.